The van der Waals surface area contributed by atoms with Crippen LogP contribution in [-0.4, -0.2) is 41.0 Å². The van der Waals surface area contributed by atoms with Gasteiger partial charge in [-0.25, -0.2) is 4.79 Å². The van der Waals surface area contributed by atoms with Gasteiger partial charge in [-0.1, -0.05) is 30.3 Å². The molecule has 2 heterocycles. The molecule has 3 rings (SSSR count). The molecule has 0 spiro atoms. The van der Waals surface area contributed by atoms with Gasteiger partial charge < -0.3 is 14.2 Å². The number of likely N-dealkylation sites (tertiary alicyclic amines) is 1. The molecule has 5 heteroatoms. The van der Waals surface area contributed by atoms with E-state index in [0.717, 1.165) is 42.9 Å². The van der Waals surface area contributed by atoms with Crippen molar-refractivity contribution in [1.29, 1.82) is 0 Å². The van der Waals surface area contributed by atoms with Gasteiger partial charge >= 0.3 is 5.97 Å². The van der Waals surface area contributed by atoms with Crippen molar-refractivity contribution in [2.75, 3.05) is 19.7 Å². The highest BCUT2D eigenvalue weighted by molar-refractivity contribution is 5.93. The minimum atomic E-state index is -0.341. The van der Waals surface area contributed by atoms with E-state index in [1.807, 2.05) is 52.8 Å². The van der Waals surface area contributed by atoms with Crippen molar-refractivity contribution in [3.63, 3.8) is 0 Å². The maximum Gasteiger partial charge on any atom is 0.339 e. The summed E-state index contributed by atoms with van der Waals surface area (Å²) in [5.41, 5.74) is 3.15. The highest BCUT2D eigenvalue weighted by Gasteiger charge is 2.23. The van der Waals surface area contributed by atoms with Gasteiger partial charge in [-0.3, -0.25) is 4.79 Å². The van der Waals surface area contributed by atoms with Gasteiger partial charge in [0.25, 0.3) is 0 Å². The molecule has 0 bridgehead atoms. The van der Waals surface area contributed by atoms with Gasteiger partial charge in [0.05, 0.1) is 12.2 Å². The Morgan fingerprint density at radius 1 is 1.08 bits per heavy atom. The van der Waals surface area contributed by atoms with E-state index >= 15 is 0 Å². The third kappa shape index (κ3) is 3.82. The van der Waals surface area contributed by atoms with E-state index in [1.165, 1.54) is 6.42 Å². The van der Waals surface area contributed by atoms with Crippen LogP contribution in [0.1, 0.15) is 42.2 Å². The van der Waals surface area contributed by atoms with Crippen molar-refractivity contribution >= 4 is 11.9 Å². The molecule has 2 aromatic rings. The molecule has 1 saturated heterocycles. The van der Waals surface area contributed by atoms with E-state index in [0.29, 0.717) is 12.2 Å². The maximum atomic E-state index is 12.8. The maximum absolute atomic E-state index is 12.8. The number of ether oxygens (including phenoxy) is 1. The fraction of sp³-hybridized carbons (Fsp3) is 0.429. The summed E-state index contributed by atoms with van der Waals surface area (Å²) in [4.78, 5) is 27.0. The Kier molecular flexibility index (Phi) is 5.76. The Balaban J connectivity index is 1.95. The summed E-state index contributed by atoms with van der Waals surface area (Å²) in [6, 6.07) is 11.7. The van der Waals surface area contributed by atoms with Crippen LogP contribution < -0.4 is 0 Å². The number of rotatable bonds is 5. The summed E-state index contributed by atoms with van der Waals surface area (Å²) < 4.78 is 7.13. The lowest BCUT2D eigenvalue weighted by Crippen LogP contribution is -2.38. The van der Waals surface area contributed by atoms with Crippen molar-refractivity contribution in [3.8, 4) is 11.3 Å². The average molecular weight is 354 g/mol. The predicted octanol–water partition coefficient (Wildman–Crippen LogP) is 3.65. The van der Waals surface area contributed by atoms with Gasteiger partial charge in [-0.15, -0.1) is 0 Å². The number of hydrogen-bond donors (Lipinski definition) is 0. The second kappa shape index (κ2) is 8.21. The number of hydrogen-bond acceptors (Lipinski definition) is 3. The molecule has 1 amide bonds. The molecule has 5 nitrogen and oxygen atoms in total. The molecular formula is C21H26N2O3. The molecule has 26 heavy (non-hydrogen) atoms. The van der Waals surface area contributed by atoms with Crippen molar-refractivity contribution in [2.45, 2.75) is 39.7 Å². The Morgan fingerprint density at radius 3 is 2.42 bits per heavy atom. The summed E-state index contributed by atoms with van der Waals surface area (Å²) in [6.07, 6.45) is 3.32. The lowest BCUT2D eigenvalue weighted by molar-refractivity contribution is -0.132. The molecule has 0 atom stereocenters. The number of aromatic nitrogens is 1. The van der Waals surface area contributed by atoms with Gasteiger partial charge in [0.1, 0.15) is 6.54 Å². The molecule has 1 aliphatic rings. The highest BCUT2D eigenvalue weighted by Crippen LogP contribution is 2.27. The molecule has 0 saturated carbocycles. The third-order valence-electron chi connectivity index (χ3n) is 4.93. The second-order valence-corrected chi connectivity index (χ2v) is 6.64. The summed E-state index contributed by atoms with van der Waals surface area (Å²) in [6.45, 7) is 5.89. The number of benzene rings is 1. The lowest BCUT2D eigenvalue weighted by Gasteiger charge is -2.27. The van der Waals surface area contributed by atoms with Crippen molar-refractivity contribution < 1.29 is 14.3 Å². The van der Waals surface area contributed by atoms with Crippen LogP contribution >= 0.6 is 0 Å². The zero-order valence-corrected chi connectivity index (χ0v) is 15.5. The van der Waals surface area contributed by atoms with Crippen LogP contribution in [0, 0.1) is 6.92 Å². The van der Waals surface area contributed by atoms with Crippen molar-refractivity contribution in [1.82, 2.24) is 9.47 Å². The van der Waals surface area contributed by atoms with Gasteiger partial charge in [-0.2, -0.15) is 0 Å². The Bertz CT molecular complexity index is 774. The zero-order chi connectivity index (χ0) is 18.5. The van der Waals surface area contributed by atoms with Crippen LogP contribution in [0.5, 0.6) is 0 Å². The fourth-order valence-electron chi connectivity index (χ4n) is 3.49. The molecule has 0 unspecified atom stereocenters. The second-order valence-electron chi connectivity index (χ2n) is 6.64. The van der Waals surface area contributed by atoms with Crippen LogP contribution in [0.4, 0.5) is 0 Å². The van der Waals surface area contributed by atoms with E-state index in [1.54, 1.807) is 6.92 Å². The monoisotopic (exact) mass is 354 g/mol. The molecule has 1 aromatic heterocycles. The van der Waals surface area contributed by atoms with E-state index in [2.05, 4.69) is 0 Å². The van der Waals surface area contributed by atoms with Gasteiger partial charge in [0.2, 0.25) is 5.91 Å². The average Bonchev–Trinajstić information content (AvgIpc) is 3.00. The minimum absolute atomic E-state index is 0.107. The van der Waals surface area contributed by atoms with E-state index in [-0.39, 0.29) is 18.4 Å². The van der Waals surface area contributed by atoms with Crippen LogP contribution in [-0.2, 0) is 16.1 Å². The Morgan fingerprint density at radius 2 is 1.77 bits per heavy atom. The van der Waals surface area contributed by atoms with E-state index < -0.39 is 0 Å². The van der Waals surface area contributed by atoms with Crippen LogP contribution in [0.3, 0.4) is 0 Å². The number of carbonyl (C=O) groups is 2. The largest absolute Gasteiger partial charge is 0.462 e. The topological polar surface area (TPSA) is 51.5 Å². The molecule has 0 radical (unpaired) electrons. The first-order valence-corrected chi connectivity index (χ1v) is 9.32. The summed E-state index contributed by atoms with van der Waals surface area (Å²) >= 11 is 0. The molecule has 1 aromatic carbocycles. The number of piperidine rings is 1. The molecular weight excluding hydrogens is 328 g/mol. The summed E-state index contributed by atoms with van der Waals surface area (Å²) in [5, 5.41) is 0. The normalized spacial score (nSPS) is 14.3. The highest BCUT2D eigenvalue weighted by atomic mass is 16.5. The van der Waals surface area contributed by atoms with Crippen LogP contribution in [0.2, 0.25) is 0 Å². The third-order valence-corrected chi connectivity index (χ3v) is 4.93. The summed E-state index contributed by atoms with van der Waals surface area (Å²) in [5.74, 6) is -0.234. The van der Waals surface area contributed by atoms with Gasteiger partial charge in [0, 0.05) is 24.5 Å². The molecule has 0 N–H and O–H groups in total. The standard InChI is InChI=1S/C21H26N2O3/c1-3-26-21(25)18-14-19(17-10-6-4-7-11-17)23(16(18)2)15-20(24)22-12-8-5-9-13-22/h4,6-7,10-11,14H,3,5,8-9,12-13,15H2,1-2H3. The van der Waals surface area contributed by atoms with Crippen molar-refractivity contribution in [2.24, 2.45) is 0 Å². The quantitative estimate of drug-likeness (QED) is 0.770. The van der Waals surface area contributed by atoms with Gasteiger partial charge in [-0.05, 0) is 44.7 Å². The first kappa shape index (κ1) is 18.2. The smallest absolute Gasteiger partial charge is 0.339 e. The molecule has 1 aliphatic heterocycles. The van der Waals surface area contributed by atoms with Crippen LogP contribution in [0.25, 0.3) is 11.3 Å². The van der Waals surface area contributed by atoms with Crippen molar-refractivity contribution in [3.05, 3.63) is 47.7 Å². The molecule has 138 valence electrons. The first-order valence-electron chi connectivity index (χ1n) is 9.32. The Labute approximate surface area is 154 Å². The number of nitrogens with zero attached hydrogens (tertiary/aromatic N) is 2. The SMILES string of the molecule is CCOC(=O)c1cc(-c2ccccc2)n(CC(=O)N2CCCCC2)c1C. The summed E-state index contributed by atoms with van der Waals surface area (Å²) in [7, 11) is 0. The van der Waals surface area contributed by atoms with E-state index in [4.69, 9.17) is 4.74 Å². The number of amides is 1. The minimum Gasteiger partial charge on any atom is -0.462 e. The molecule has 1 fully saturated rings. The Hall–Kier alpha value is -2.56. The number of esters is 1. The lowest BCUT2D eigenvalue weighted by atomic mass is 10.1. The van der Waals surface area contributed by atoms with Crippen LogP contribution in [0.15, 0.2) is 36.4 Å². The predicted molar refractivity (Wildman–Crippen MR) is 101 cm³/mol. The fourth-order valence-corrected chi connectivity index (χ4v) is 3.49. The zero-order valence-electron chi connectivity index (χ0n) is 15.5. The van der Waals surface area contributed by atoms with Gasteiger partial charge in [0.15, 0.2) is 0 Å². The molecule has 0 aliphatic carbocycles. The first-order chi connectivity index (χ1) is 12.6. The van der Waals surface area contributed by atoms with E-state index in [9.17, 15) is 9.59 Å². The number of carbonyl (C=O) groups excluding carboxylic acids is 2.